The zero-order valence-corrected chi connectivity index (χ0v) is 20.0. The highest BCUT2D eigenvalue weighted by Crippen LogP contribution is 2.34. The van der Waals surface area contributed by atoms with Crippen molar-refractivity contribution in [1.82, 2.24) is 0 Å². The molecule has 0 saturated carbocycles. The minimum atomic E-state index is -4.13. The van der Waals surface area contributed by atoms with Gasteiger partial charge in [-0.2, -0.15) is 8.42 Å². The molecule has 2 aromatic rings. The molecule has 0 amide bonds. The maximum atomic E-state index is 12.9. The van der Waals surface area contributed by atoms with E-state index in [4.69, 9.17) is 46.4 Å². The van der Waals surface area contributed by atoms with Crippen molar-refractivity contribution >= 4 is 73.8 Å². The summed E-state index contributed by atoms with van der Waals surface area (Å²) >= 11 is 24.2. The Labute approximate surface area is 199 Å². The molecule has 0 fully saturated rings. The lowest BCUT2D eigenvalue weighted by atomic mass is 10.1. The molecular formula is C21H14Cl4N2O3S. The van der Waals surface area contributed by atoms with Gasteiger partial charge >= 0.3 is 0 Å². The summed E-state index contributed by atoms with van der Waals surface area (Å²) in [5.41, 5.74) is 2.07. The Balaban J connectivity index is 2.24. The van der Waals surface area contributed by atoms with Crippen LogP contribution in [0.3, 0.4) is 0 Å². The molecular weight excluding hydrogens is 502 g/mol. The topological polar surface area (TPSA) is 75.9 Å². The van der Waals surface area contributed by atoms with Gasteiger partial charge in [-0.1, -0.05) is 93.9 Å². The molecule has 2 aromatic carbocycles. The van der Waals surface area contributed by atoms with Crippen LogP contribution in [0.25, 0.3) is 0 Å². The first-order valence-corrected chi connectivity index (χ1v) is 11.7. The Morgan fingerprint density at radius 1 is 0.742 bits per heavy atom. The van der Waals surface area contributed by atoms with Crippen molar-refractivity contribution in [3.8, 4) is 0 Å². The highest BCUT2D eigenvalue weighted by molar-refractivity contribution is 7.90. The van der Waals surface area contributed by atoms with E-state index in [-0.39, 0.29) is 36.6 Å². The van der Waals surface area contributed by atoms with E-state index in [9.17, 15) is 13.2 Å². The first kappa shape index (κ1) is 23.7. The molecule has 0 radical (unpaired) electrons. The molecule has 31 heavy (non-hydrogen) atoms. The highest BCUT2D eigenvalue weighted by Gasteiger charge is 2.30. The molecule has 0 heterocycles. The van der Waals surface area contributed by atoms with Crippen LogP contribution in [-0.4, -0.2) is 25.7 Å². The third-order valence-corrected chi connectivity index (χ3v) is 7.18. The predicted octanol–water partition coefficient (Wildman–Crippen LogP) is 5.84. The van der Waals surface area contributed by atoms with E-state index in [1.165, 1.54) is 12.1 Å². The third-order valence-electron chi connectivity index (χ3n) is 4.25. The van der Waals surface area contributed by atoms with Crippen LogP contribution in [-0.2, 0) is 14.8 Å². The Morgan fingerprint density at radius 3 is 1.68 bits per heavy atom. The number of halogens is 4. The van der Waals surface area contributed by atoms with Gasteiger partial charge in [-0.15, -0.1) is 4.40 Å². The van der Waals surface area contributed by atoms with Gasteiger partial charge in [0, 0.05) is 5.56 Å². The maximum absolute atomic E-state index is 12.9. The minimum Gasteiger partial charge on any atom is -0.286 e. The lowest BCUT2D eigenvalue weighted by Gasteiger charge is -2.14. The van der Waals surface area contributed by atoms with Gasteiger partial charge in [0.2, 0.25) is 5.78 Å². The van der Waals surface area contributed by atoms with E-state index in [1.54, 1.807) is 36.4 Å². The van der Waals surface area contributed by atoms with Crippen LogP contribution in [0.2, 0.25) is 0 Å². The number of allylic oxidation sites excluding steroid dienone is 4. The number of Topliss-reactive ketones (excluding diaryl/α,β-unsaturated/α-hetero) is 1. The van der Waals surface area contributed by atoms with Crippen LogP contribution in [0.5, 0.6) is 0 Å². The van der Waals surface area contributed by atoms with Crippen LogP contribution < -0.4 is 0 Å². The van der Waals surface area contributed by atoms with Gasteiger partial charge in [-0.3, -0.25) is 4.79 Å². The van der Waals surface area contributed by atoms with Crippen molar-refractivity contribution in [1.29, 1.82) is 0 Å². The molecule has 5 nitrogen and oxygen atoms in total. The number of benzene rings is 2. The predicted molar refractivity (Wildman–Crippen MR) is 126 cm³/mol. The van der Waals surface area contributed by atoms with E-state index in [1.807, 2.05) is 13.8 Å². The molecule has 160 valence electrons. The van der Waals surface area contributed by atoms with Crippen LogP contribution >= 0.6 is 46.4 Å². The summed E-state index contributed by atoms with van der Waals surface area (Å²) < 4.78 is 29.8. The number of rotatable bonds is 3. The molecule has 0 spiro atoms. The molecule has 0 bridgehead atoms. The van der Waals surface area contributed by atoms with Gasteiger partial charge < -0.3 is 0 Å². The molecule has 0 aliphatic heterocycles. The normalized spacial score (nSPS) is 15.6. The van der Waals surface area contributed by atoms with Crippen molar-refractivity contribution in [2.45, 2.75) is 18.7 Å². The average molecular weight is 516 g/mol. The number of carbonyl (C=O) groups excluding carboxylic acids is 1. The molecule has 0 unspecified atom stereocenters. The number of amidine groups is 1. The number of hydrogen-bond acceptors (Lipinski definition) is 3. The number of ketones is 1. The van der Waals surface area contributed by atoms with Gasteiger partial charge in [0.1, 0.15) is 15.8 Å². The average Bonchev–Trinajstić information content (AvgIpc) is 2.74. The number of hydrogen-bond donors (Lipinski definition) is 0. The summed E-state index contributed by atoms with van der Waals surface area (Å²) in [6, 6.07) is 13.0. The Hall–Kier alpha value is -1.96. The second-order valence-electron chi connectivity index (χ2n) is 6.61. The molecule has 10 heteroatoms. The van der Waals surface area contributed by atoms with Gasteiger partial charge in [0.15, 0.2) is 5.84 Å². The van der Waals surface area contributed by atoms with Crippen LogP contribution in [0.4, 0.5) is 0 Å². The van der Waals surface area contributed by atoms with E-state index < -0.39 is 15.8 Å². The quantitative estimate of drug-likeness (QED) is 0.292. The number of aryl methyl sites for hydroxylation is 2. The number of nitrogens with zero attached hydrogens (tertiary/aromatic N) is 2. The summed E-state index contributed by atoms with van der Waals surface area (Å²) in [5.74, 6) is -0.950. The first-order valence-electron chi connectivity index (χ1n) is 8.74. The second-order valence-corrected chi connectivity index (χ2v) is 9.73. The first-order chi connectivity index (χ1) is 14.5. The zero-order valence-electron chi connectivity index (χ0n) is 16.2. The monoisotopic (exact) mass is 514 g/mol. The largest absolute Gasteiger partial charge is 0.286 e. The summed E-state index contributed by atoms with van der Waals surface area (Å²) in [6.45, 7) is 3.71. The molecule has 1 aliphatic rings. The maximum Gasteiger partial charge on any atom is 0.284 e. The van der Waals surface area contributed by atoms with Gasteiger partial charge in [-0.25, -0.2) is 4.99 Å². The van der Waals surface area contributed by atoms with E-state index in [0.29, 0.717) is 5.56 Å². The van der Waals surface area contributed by atoms with Gasteiger partial charge in [0.25, 0.3) is 10.0 Å². The van der Waals surface area contributed by atoms with Crippen molar-refractivity contribution in [2.24, 2.45) is 9.39 Å². The fourth-order valence-corrected chi connectivity index (χ4v) is 4.39. The fourth-order valence-electron chi connectivity index (χ4n) is 2.52. The van der Waals surface area contributed by atoms with E-state index >= 15 is 0 Å². The summed E-state index contributed by atoms with van der Waals surface area (Å²) in [6.07, 6.45) is 0. The number of carbonyl (C=O) groups is 1. The number of aliphatic imine (C=N–C) groups is 1. The molecule has 0 aromatic heterocycles. The standard InChI is InChI=1S/C21H14Cl4N2O3S/c1-11-3-7-13(8-4-11)21(27-31(29,30)14-9-5-12(2)6-10-14)26-19-15(22)17(24)20(28)18(25)16(19)23/h3-10H,1-2H3/b27-21+. The zero-order chi connectivity index (χ0) is 22.9. The van der Waals surface area contributed by atoms with Crippen LogP contribution in [0, 0.1) is 13.8 Å². The molecule has 1 aliphatic carbocycles. The van der Waals surface area contributed by atoms with Crippen molar-refractivity contribution in [3.63, 3.8) is 0 Å². The fraction of sp³-hybridized carbons (Fsp3) is 0.0952. The van der Waals surface area contributed by atoms with Crippen LogP contribution in [0.1, 0.15) is 16.7 Å². The van der Waals surface area contributed by atoms with E-state index in [0.717, 1.165) is 11.1 Å². The lowest BCUT2D eigenvalue weighted by Crippen LogP contribution is -2.17. The van der Waals surface area contributed by atoms with Crippen molar-refractivity contribution < 1.29 is 13.2 Å². The Morgan fingerprint density at radius 2 is 1.19 bits per heavy atom. The Bertz CT molecular complexity index is 1260. The summed E-state index contributed by atoms with van der Waals surface area (Å²) in [7, 11) is -4.13. The number of sulfonamides is 1. The lowest BCUT2D eigenvalue weighted by molar-refractivity contribution is -0.111. The smallest absolute Gasteiger partial charge is 0.284 e. The van der Waals surface area contributed by atoms with Gasteiger partial charge in [0.05, 0.1) is 15.0 Å². The highest BCUT2D eigenvalue weighted by atomic mass is 35.5. The summed E-state index contributed by atoms with van der Waals surface area (Å²) in [4.78, 5) is 16.2. The van der Waals surface area contributed by atoms with Crippen LogP contribution in [0.15, 0.2) is 82.9 Å². The van der Waals surface area contributed by atoms with Crippen molar-refractivity contribution in [2.75, 3.05) is 0 Å². The van der Waals surface area contributed by atoms with E-state index in [2.05, 4.69) is 9.39 Å². The SMILES string of the molecule is Cc1ccc(/C(N=C2C(Cl)=C(Cl)C(=O)C(Cl)=C2Cl)=N\S(=O)(=O)c2ccc(C)cc2)cc1. The molecule has 3 rings (SSSR count). The molecule has 0 N–H and O–H groups in total. The third kappa shape index (κ3) is 5.10. The Kier molecular flexibility index (Phi) is 7.08. The van der Waals surface area contributed by atoms with Crippen molar-refractivity contribution in [3.05, 3.63) is 85.4 Å². The minimum absolute atomic E-state index is 0.0129. The summed E-state index contributed by atoms with van der Waals surface area (Å²) in [5, 5.41) is -1.26. The molecule has 0 saturated heterocycles. The van der Waals surface area contributed by atoms with Gasteiger partial charge in [-0.05, 0) is 26.0 Å². The molecule has 0 atom stereocenters. The second kappa shape index (κ2) is 9.27.